The van der Waals surface area contributed by atoms with E-state index in [-0.39, 0.29) is 17.7 Å². The Labute approximate surface area is 125 Å². The number of amides is 1. The molecule has 0 aliphatic rings. The van der Waals surface area contributed by atoms with Gasteiger partial charge in [0.05, 0.1) is 6.04 Å². The first-order chi connectivity index (χ1) is 10.1. The third-order valence-corrected chi connectivity index (χ3v) is 3.53. The van der Waals surface area contributed by atoms with Crippen molar-refractivity contribution in [1.29, 1.82) is 0 Å². The van der Waals surface area contributed by atoms with Crippen molar-refractivity contribution >= 4 is 28.5 Å². The standard InChI is InChI=1S/C14H13ClN4O2/c1-7-10-5-9(15)3-4-11(10)21-12(7)14(20)18-8(2)13-16-6-17-19-13/h3-6,8H,1-2H3,(H,18,20)(H,16,17,19). The highest BCUT2D eigenvalue weighted by molar-refractivity contribution is 6.31. The topological polar surface area (TPSA) is 83.8 Å². The zero-order chi connectivity index (χ0) is 15.0. The van der Waals surface area contributed by atoms with Crippen molar-refractivity contribution in [3.63, 3.8) is 0 Å². The van der Waals surface area contributed by atoms with Gasteiger partial charge in [0.25, 0.3) is 5.91 Å². The van der Waals surface area contributed by atoms with Crippen LogP contribution in [0.3, 0.4) is 0 Å². The van der Waals surface area contributed by atoms with Crippen LogP contribution in [-0.2, 0) is 0 Å². The van der Waals surface area contributed by atoms with Gasteiger partial charge in [0.15, 0.2) is 5.76 Å². The summed E-state index contributed by atoms with van der Waals surface area (Å²) in [6, 6.07) is 4.97. The number of nitrogens with zero attached hydrogens (tertiary/aromatic N) is 2. The average molecular weight is 305 g/mol. The van der Waals surface area contributed by atoms with E-state index in [1.165, 1.54) is 6.33 Å². The van der Waals surface area contributed by atoms with Crippen molar-refractivity contribution < 1.29 is 9.21 Å². The molecule has 0 bridgehead atoms. The molecule has 0 saturated heterocycles. The predicted molar refractivity (Wildman–Crippen MR) is 78.2 cm³/mol. The minimum atomic E-state index is -0.302. The second-order valence-electron chi connectivity index (χ2n) is 4.76. The number of furan rings is 1. The third kappa shape index (κ3) is 2.50. The summed E-state index contributed by atoms with van der Waals surface area (Å²) < 4.78 is 5.62. The van der Waals surface area contributed by atoms with E-state index in [1.54, 1.807) is 18.2 Å². The van der Waals surface area contributed by atoms with Crippen molar-refractivity contribution in [3.8, 4) is 0 Å². The molecular formula is C14H13ClN4O2. The lowest BCUT2D eigenvalue weighted by molar-refractivity contribution is 0.0911. The van der Waals surface area contributed by atoms with E-state index in [0.29, 0.717) is 16.4 Å². The summed E-state index contributed by atoms with van der Waals surface area (Å²) in [4.78, 5) is 16.3. The van der Waals surface area contributed by atoms with Crippen molar-refractivity contribution in [3.05, 3.63) is 46.7 Å². The maximum atomic E-state index is 12.3. The van der Waals surface area contributed by atoms with Crippen LogP contribution >= 0.6 is 11.6 Å². The molecule has 0 saturated carbocycles. The monoisotopic (exact) mass is 304 g/mol. The van der Waals surface area contributed by atoms with Crippen LogP contribution in [0, 0.1) is 6.92 Å². The fourth-order valence-corrected chi connectivity index (χ4v) is 2.34. The molecule has 6 nitrogen and oxygen atoms in total. The Bertz CT molecular complexity index is 795. The highest BCUT2D eigenvalue weighted by atomic mass is 35.5. The molecule has 0 fully saturated rings. The maximum absolute atomic E-state index is 12.3. The molecule has 2 heterocycles. The molecule has 1 amide bonds. The minimum absolute atomic E-state index is 0.277. The number of fused-ring (bicyclic) bond motifs is 1. The molecule has 2 N–H and O–H groups in total. The first-order valence-electron chi connectivity index (χ1n) is 6.41. The van der Waals surface area contributed by atoms with E-state index in [1.807, 2.05) is 13.8 Å². The largest absolute Gasteiger partial charge is 0.451 e. The van der Waals surface area contributed by atoms with Crippen molar-refractivity contribution in [1.82, 2.24) is 20.5 Å². The molecule has 0 radical (unpaired) electrons. The van der Waals surface area contributed by atoms with E-state index in [4.69, 9.17) is 16.0 Å². The lowest BCUT2D eigenvalue weighted by atomic mass is 10.1. The third-order valence-electron chi connectivity index (χ3n) is 3.30. The molecule has 1 aromatic carbocycles. The zero-order valence-electron chi connectivity index (χ0n) is 11.5. The molecule has 3 rings (SSSR count). The first-order valence-corrected chi connectivity index (χ1v) is 6.79. The van der Waals surface area contributed by atoms with E-state index in [9.17, 15) is 4.79 Å². The molecule has 1 unspecified atom stereocenters. The Morgan fingerprint density at radius 2 is 2.29 bits per heavy atom. The van der Waals surface area contributed by atoms with Gasteiger partial charge < -0.3 is 9.73 Å². The van der Waals surface area contributed by atoms with Gasteiger partial charge in [0.2, 0.25) is 0 Å². The number of aromatic amines is 1. The number of carbonyl (C=O) groups excluding carboxylic acids is 1. The smallest absolute Gasteiger partial charge is 0.287 e. The Morgan fingerprint density at radius 1 is 1.48 bits per heavy atom. The van der Waals surface area contributed by atoms with Gasteiger partial charge in [-0.2, -0.15) is 5.10 Å². The van der Waals surface area contributed by atoms with Crippen molar-refractivity contribution in [2.45, 2.75) is 19.9 Å². The number of rotatable bonds is 3. The predicted octanol–water partition coefficient (Wildman–Crippen LogP) is 3.00. The van der Waals surface area contributed by atoms with Crippen LogP contribution in [0.4, 0.5) is 0 Å². The number of aryl methyl sites for hydroxylation is 1. The highest BCUT2D eigenvalue weighted by Crippen LogP contribution is 2.28. The number of H-pyrrole nitrogens is 1. The van der Waals surface area contributed by atoms with Crippen LogP contribution in [0.15, 0.2) is 28.9 Å². The molecule has 7 heteroatoms. The number of aromatic nitrogens is 3. The van der Waals surface area contributed by atoms with Crippen LogP contribution < -0.4 is 5.32 Å². The van der Waals surface area contributed by atoms with Crippen LogP contribution in [0.1, 0.15) is 34.9 Å². The first kappa shape index (κ1) is 13.6. The van der Waals surface area contributed by atoms with Gasteiger partial charge in [-0.3, -0.25) is 9.89 Å². The average Bonchev–Trinajstić information content (AvgIpc) is 3.08. The number of nitrogens with one attached hydrogen (secondary N) is 2. The highest BCUT2D eigenvalue weighted by Gasteiger charge is 2.20. The van der Waals surface area contributed by atoms with Crippen LogP contribution in [0.2, 0.25) is 5.02 Å². The normalized spacial score (nSPS) is 12.5. The summed E-state index contributed by atoms with van der Waals surface area (Å²) in [5.41, 5.74) is 1.39. The summed E-state index contributed by atoms with van der Waals surface area (Å²) in [6.45, 7) is 3.64. The lowest BCUT2D eigenvalue weighted by Crippen LogP contribution is -2.27. The summed E-state index contributed by atoms with van der Waals surface area (Å²) in [7, 11) is 0. The summed E-state index contributed by atoms with van der Waals surface area (Å²) in [5, 5.41) is 10.7. The molecule has 3 aromatic rings. The van der Waals surface area contributed by atoms with Crippen LogP contribution in [0.25, 0.3) is 11.0 Å². The van der Waals surface area contributed by atoms with Crippen molar-refractivity contribution in [2.75, 3.05) is 0 Å². The maximum Gasteiger partial charge on any atom is 0.287 e. The molecule has 108 valence electrons. The number of carbonyl (C=O) groups is 1. The minimum Gasteiger partial charge on any atom is -0.451 e. The van der Waals surface area contributed by atoms with Gasteiger partial charge in [-0.05, 0) is 32.0 Å². The second kappa shape index (κ2) is 5.21. The van der Waals surface area contributed by atoms with Gasteiger partial charge in [-0.1, -0.05) is 11.6 Å². The summed E-state index contributed by atoms with van der Waals surface area (Å²) >= 11 is 5.97. The van der Waals surface area contributed by atoms with Crippen LogP contribution in [-0.4, -0.2) is 21.1 Å². The van der Waals surface area contributed by atoms with Gasteiger partial charge in [0.1, 0.15) is 17.7 Å². The quantitative estimate of drug-likeness (QED) is 0.779. The van der Waals surface area contributed by atoms with E-state index in [2.05, 4.69) is 20.5 Å². The fourth-order valence-electron chi connectivity index (χ4n) is 2.16. The Morgan fingerprint density at radius 3 is 3.00 bits per heavy atom. The molecule has 0 aliphatic heterocycles. The fraction of sp³-hybridized carbons (Fsp3) is 0.214. The Balaban J connectivity index is 1.89. The zero-order valence-corrected chi connectivity index (χ0v) is 12.2. The molecule has 0 spiro atoms. The summed E-state index contributed by atoms with van der Waals surface area (Å²) in [6.07, 6.45) is 1.40. The van der Waals surface area contributed by atoms with Gasteiger partial charge in [-0.15, -0.1) is 0 Å². The van der Waals surface area contributed by atoms with Crippen molar-refractivity contribution in [2.24, 2.45) is 0 Å². The second-order valence-corrected chi connectivity index (χ2v) is 5.20. The van der Waals surface area contributed by atoms with Crippen LogP contribution in [0.5, 0.6) is 0 Å². The molecule has 21 heavy (non-hydrogen) atoms. The SMILES string of the molecule is Cc1c(C(=O)NC(C)c2ncn[nH]2)oc2ccc(Cl)cc12. The molecule has 2 aromatic heterocycles. The lowest BCUT2D eigenvalue weighted by Gasteiger charge is -2.09. The van der Waals surface area contributed by atoms with E-state index >= 15 is 0 Å². The van der Waals surface area contributed by atoms with E-state index < -0.39 is 0 Å². The van der Waals surface area contributed by atoms with E-state index in [0.717, 1.165) is 10.9 Å². The van der Waals surface area contributed by atoms with Gasteiger partial charge in [-0.25, -0.2) is 4.98 Å². The number of benzene rings is 1. The number of hydrogen-bond donors (Lipinski definition) is 2. The molecule has 1 atom stereocenters. The number of halogens is 1. The number of hydrogen-bond acceptors (Lipinski definition) is 4. The Kier molecular flexibility index (Phi) is 3.39. The van der Waals surface area contributed by atoms with Gasteiger partial charge >= 0.3 is 0 Å². The molecular weight excluding hydrogens is 292 g/mol. The Hall–Kier alpha value is -2.34. The van der Waals surface area contributed by atoms with Gasteiger partial charge in [0, 0.05) is 16.0 Å². The molecule has 0 aliphatic carbocycles. The summed E-state index contributed by atoms with van der Waals surface area (Å²) in [5.74, 6) is 0.558.